The summed E-state index contributed by atoms with van der Waals surface area (Å²) in [7, 11) is 0. The minimum atomic E-state index is 0.671. The van der Waals surface area contributed by atoms with Crippen molar-refractivity contribution in [3.05, 3.63) is 43.3 Å². The molecule has 2 heterocycles. The van der Waals surface area contributed by atoms with Crippen molar-refractivity contribution in [2.75, 3.05) is 0 Å². The lowest BCUT2D eigenvalue weighted by Crippen LogP contribution is -1.84. The molecule has 0 atom stereocenters. The second kappa shape index (κ2) is 3.33. The average Bonchev–Trinajstić information content (AvgIpc) is 2.93. The summed E-state index contributed by atoms with van der Waals surface area (Å²) in [6, 6.07) is 4.74. The minimum Gasteiger partial charge on any atom is -0.144 e. The van der Waals surface area contributed by atoms with E-state index in [1.54, 1.807) is 36.9 Å². The largest absolute Gasteiger partial charge is 0.144 e. The molecule has 2 aromatic rings. The van der Waals surface area contributed by atoms with E-state index in [2.05, 4.69) is 31.4 Å². The molecular formula is C15H14S2. The molecule has 0 unspecified atom stereocenters. The molecule has 2 heteroatoms. The average molecular weight is 258 g/mol. The van der Waals surface area contributed by atoms with E-state index in [1.807, 2.05) is 22.7 Å². The van der Waals surface area contributed by atoms with Crippen LogP contribution in [0.3, 0.4) is 0 Å². The Morgan fingerprint density at radius 1 is 1.06 bits per heavy atom. The van der Waals surface area contributed by atoms with Crippen molar-refractivity contribution < 1.29 is 0 Å². The van der Waals surface area contributed by atoms with Gasteiger partial charge in [-0.3, -0.25) is 0 Å². The Bertz CT molecular complexity index is 638. The molecule has 0 N–H and O–H groups in total. The molecule has 0 spiro atoms. The first-order valence-corrected chi connectivity index (χ1v) is 7.85. The van der Waals surface area contributed by atoms with Crippen molar-refractivity contribution in [1.82, 2.24) is 0 Å². The SMILES string of the molecule is CC(C)c1cc2c(s1)C1=C(C2)c2sccc2C1. The molecular weight excluding hydrogens is 244 g/mol. The zero-order chi connectivity index (χ0) is 11.6. The molecule has 0 saturated carbocycles. The predicted octanol–water partition coefficient (Wildman–Crippen LogP) is 4.96. The van der Waals surface area contributed by atoms with Gasteiger partial charge in [-0.2, -0.15) is 0 Å². The molecule has 0 saturated heterocycles. The summed E-state index contributed by atoms with van der Waals surface area (Å²) in [6.45, 7) is 4.59. The van der Waals surface area contributed by atoms with Crippen LogP contribution in [0.2, 0.25) is 0 Å². The molecule has 2 aliphatic carbocycles. The fourth-order valence-electron chi connectivity index (χ4n) is 2.89. The number of hydrogen-bond donors (Lipinski definition) is 0. The van der Waals surface area contributed by atoms with Crippen LogP contribution in [0.4, 0.5) is 0 Å². The van der Waals surface area contributed by atoms with Gasteiger partial charge in [-0.25, -0.2) is 0 Å². The quantitative estimate of drug-likeness (QED) is 0.678. The van der Waals surface area contributed by atoms with E-state index >= 15 is 0 Å². The van der Waals surface area contributed by atoms with Crippen molar-refractivity contribution in [1.29, 1.82) is 0 Å². The van der Waals surface area contributed by atoms with Crippen LogP contribution >= 0.6 is 22.7 Å². The molecule has 0 nitrogen and oxygen atoms in total. The van der Waals surface area contributed by atoms with E-state index in [4.69, 9.17) is 0 Å². The second-order valence-electron chi connectivity index (χ2n) is 5.24. The topological polar surface area (TPSA) is 0 Å². The third kappa shape index (κ3) is 1.28. The van der Waals surface area contributed by atoms with Crippen LogP contribution in [0.1, 0.15) is 45.5 Å². The summed E-state index contributed by atoms with van der Waals surface area (Å²) in [5.41, 5.74) is 6.42. The van der Waals surface area contributed by atoms with Crippen molar-refractivity contribution in [2.45, 2.75) is 32.6 Å². The van der Waals surface area contributed by atoms with Crippen LogP contribution in [-0.2, 0) is 12.8 Å². The first-order valence-electron chi connectivity index (χ1n) is 6.16. The molecule has 0 fully saturated rings. The lowest BCUT2D eigenvalue weighted by molar-refractivity contribution is 0.888. The Kier molecular flexibility index (Phi) is 1.98. The Balaban J connectivity index is 1.83. The maximum atomic E-state index is 2.44. The second-order valence-corrected chi connectivity index (χ2v) is 7.24. The lowest BCUT2D eigenvalue weighted by atomic mass is 10.1. The highest BCUT2D eigenvalue weighted by Crippen LogP contribution is 2.51. The summed E-state index contributed by atoms with van der Waals surface area (Å²) < 4.78 is 0. The van der Waals surface area contributed by atoms with Gasteiger partial charge in [-0.1, -0.05) is 13.8 Å². The van der Waals surface area contributed by atoms with Gasteiger partial charge in [0.15, 0.2) is 0 Å². The van der Waals surface area contributed by atoms with E-state index in [9.17, 15) is 0 Å². The highest BCUT2D eigenvalue weighted by Gasteiger charge is 2.32. The van der Waals surface area contributed by atoms with E-state index < -0.39 is 0 Å². The molecule has 2 aliphatic rings. The smallest absolute Gasteiger partial charge is 0.0347 e. The Morgan fingerprint density at radius 2 is 1.82 bits per heavy atom. The number of hydrogen-bond acceptors (Lipinski definition) is 2. The van der Waals surface area contributed by atoms with Crippen molar-refractivity contribution in [3.63, 3.8) is 0 Å². The van der Waals surface area contributed by atoms with Gasteiger partial charge in [0, 0.05) is 27.5 Å². The molecule has 17 heavy (non-hydrogen) atoms. The van der Waals surface area contributed by atoms with Crippen LogP contribution in [0.15, 0.2) is 17.5 Å². The number of fused-ring (bicyclic) bond motifs is 4. The molecule has 0 bridgehead atoms. The van der Waals surface area contributed by atoms with E-state index in [1.165, 1.54) is 12.8 Å². The van der Waals surface area contributed by atoms with Crippen LogP contribution in [0, 0.1) is 0 Å². The zero-order valence-electron chi connectivity index (χ0n) is 10.0. The number of allylic oxidation sites excluding steroid dienone is 2. The van der Waals surface area contributed by atoms with Gasteiger partial charge in [0.25, 0.3) is 0 Å². The summed E-state index contributed by atoms with van der Waals surface area (Å²) in [4.78, 5) is 4.71. The standard InChI is InChI=1S/C15H14S2/c1-8(2)13-7-10-6-11-12(15(10)17-13)5-9-3-4-16-14(9)11/h3-4,7-8H,5-6H2,1-2H3. The van der Waals surface area contributed by atoms with Gasteiger partial charge in [-0.05, 0) is 45.7 Å². The number of rotatable bonds is 1. The first-order chi connectivity index (χ1) is 8.24. The summed E-state index contributed by atoms with van der Waals surface area (Å²) in [6.07, 6.45) is 2.36. The monoisotopic (exact) mass is 258 g/mol. The molecule has 2 aromatic heterocycles. The Labute approximate surface area is 110 Å². The van der Waals surface area contributed by atoms with E-state index in [0.29, 0.717) is 5.92 Å². The van der Waals surface area contributed by atoms with Crippen LogP contribution in [0.25, 0.3) is 11.1 Å². The van der Waals surface area contributed by atoms with Gasteiger partial charge in [0.2, 0.25) is 0 Å². The molecule has 0 amide bonds. The molecule has 0 aliphatic heterocycles. The van der Waals surface area contributed by atoms with Crippen molar-refractivity contribution >= 4 is 33.8 Å². The molecule has 0 radical (unpaired) electrons. The Hall–Kier alpha value is -0.860. The number of thiophene rings is 2. The van der Waals surface area contributed by atoms with Crippen molar-refractivity contribution in [2.24, 2.45) is 0 Å². The predicted molar refractivity (Wildman–Crippen MR) is 76.9 cm³/mol. The third-order valence-electron chi connectivity index (χ3n) is 3.79. The van der Waals surface area contributed by atoms with Gasteiger partial charge in [-0.15, -0.1) is 22.7 Å². The maximum Gasteiger partial charge on any atom is 0.0347 e. The molecule has 86 valence electrons. The lowest BCUT2D eigenvalue weighted by Gasteiger charge is -2.00. The molecule has 0 aromatic carbocycles. The van der Waals surface area contributed by atoms with E-state index in [0.717, 1.165) is 0 Å². The maximum absolute atomic E-state index is 2.44. The van der Waals surface area contributed by atoms with Gasteiger partial charge < -0.3 is 0 Å². The van der Waals surface area contributed by atoms with Crippen molar-refractivity contribution in [3.8, 4) is 0 Å². The van der Waals surface area contributed by atoms with Crippen LogP contribution in [-0.4, -0.2) is 0 Å². The van der Waals surface area contributed by atoms with Gasteiger partial charge >= 0.3 is 0 Å². The Morgan fingerprint density at radius 3 is 2.65 bits per heavy atom. The van der Waals surface area contributed by atoms with Gasteiger partial charge in [0.05, 0.1) is 0 Å². The van der Waals surface area contributed by atoms with E-state index in [-0.39, 0.29) is 0 Å². The zero-order valence-corrected chi connectivity index (χ0v) is 11.7. The highest BCUT2D eigenvalue weighted by molar-refractivity contribution is 7.14. The highest BCUT2D eigenvalue weighted by atomic mass is 32.1. The first kappa shape index (κ1) is 10.1. The summed E-state index contributed by atoms with van der Waals surface area (Å²) in [5.74, 6) is 0.671. The molecule has 4 rings (SSSR count). The van der Waals surface area contributed by atoms with Gasteiger partial charge in [0.1, 0.15) is 0 Å². The van der Waals surface area contributed by atoms with Crippen LogP contribution in [0.5, 0.6) is 0 Å². The normalized spacial score (nSPS) is 16.6. The summed E-state index contributed by atoms with van der Waals surface area (Å²) in [5, 5.41) is 2.24. The third-order valence-corrected chi connectivity index (χ3v) is 6.34. The fourth-order valence-corrected chi connectivity index (χ4v) is 5.14. The fraction of sp³-hybridized carbons (Fsp3) is 0.333. The minimum absolute atomic E-state index is 0.671. The van der Waals surface area contributed by atoms with Crippen LogP contribution < -0.4 is 0 Å². The summed E-state index contributed by atoms with van der Waals surface area (Å²) >= 11 is 3.95.